The summed E-state index contributed by atoms with van der Waals surface area (Å²) < 4.78 is 5.95. The van der Waals surface area contributed by atoms with Gasteiger partial charge in [-0.3, -0.25) is 9.69 Å². The smallest absolute Gasteiger partial charge is 0.234 e. The molecule has 2 aromatic rings. The number of nitrogens with one attached hydrogen (secondary N) is 2. The number of piperidine rings is 1. The normalized spacial score (nSPS) is 15.3. The molecule has 166 valence electrons. The van der Waals surface area contributed by atoms with Gasteiger partial charge in [-0.05, 0) is 59.5 Å². The van der Waals surface area contributed by atoms with E-state index in [1.807, 2.05) is 27.7 Å². The minimum absolute atomic E-state index is 0.0702. The third kappa shape index (κ3) is 7.45. The molecule has 31 heavy (non-hydrogen) atoms. The van der Waals surface area contributed by atoms with Crippen molar-refractivity contribution in [3.05, 3.63) is 23.0 Å². The summed E-state index contributed by atoms with van der Waals surface area (Å²) in [6.45, 7) is 10.6. The van der Waals surface area contributed by atoms with Crippen LogP contribution in [-0.2, 0) is 4.79 Å². The Bertz CT molecular complexity index is 940. The molecule has 1 aliphatic rings. The van der Waals surface area contributed by atoms with Crippen molar-refractivity contribution >= 4 is 28.2 Å². The molecule has 9 nitrogen and oxygen atoms in total. The Morgan fingerprint density at radius 1 is 1.35 bits per heavy atom. The van der Waals surface area contributed by atoms with Gasteiger partial charge in [-0.15, -0.1) is 0 Å². The zero-order chi connectivity index (χ0) is 22.4. The van der Waals surface area contributed by atoms with Crippen molar-refractivity contribution in [3.8, 4) is 11.9 Å². The fourth-order valence-electron chi connectivity index (χ4n) is 3.35. The monoisotopic (exact) mass is 443 g/mol. The lowest BCUT2D eigenvalue weighted by Gasteiger charge is -2.32. The van der Waals surface area contributed by atoms with Gasteiger partial charge in [-0.2, -0.15) is 10.2 Å². The number of thiazole rings is 1. The third-order valence-corrected chi connectivity index (χ3v) is 5.54. The highest BCUT2D eigenvalue weighted by Crippen LogP contribution is 2.24. The second-order valence-electron chi connectivity index (χ2n) is 8.73. The standard InChI is InChI=1S/C21H29N7O2S/c1-14-24-17(26-20-23-11-16(10-22)31-20)9-19(25-14)30-13-15-5-7-28(8-6-15)12-18(29)27-21(2,3)4/h9,11,15H,5-8,12-13H2,1-4H3,(H,27,29)(H,23,24,25,26). The molecular weight excluding hydrogens is 414 g/mol. The van der Waals surface area contributed by atoms with E-state index in [0.29, 0.717) is 46.6 Å². The first-order valence-electron chi connectivity index (χ1n) is 10.3. The minimum atomic E-state index is -0.204. The molecule has 0 spiro atoms. The highest BCUT2D eigenvalue weighted by Gasteiger charge is 2.23. The first-order valence-corrected chi connectivity index (χ1v) is 11.2. The predicted molar refractivity (Wildman–Crippen MR) is 119 cm³/mol. The van der Waals surface area contributed by atoms with Crippen molar-refractivity contribution in [1.29, 1.82) is 5.26 Å². The van der Waals surface area contributed by atoms with E-state index in [4.69, 9.17) is 10.00 Å². The largest absolute Gasteiger partial charge is 0.477 e. The molecule has 2 aromatic heterocycles. The van der Waals surface area contributed by atoms with Crippen molar-refractivity contribution in [2.24, 2.45) is 5.92 Å². The molecular formula is C21H29N7O2S. The first-order chi connectivity index (χ1) is 14.7. The van der Waals surface area contributed by atoms with Crippen molar-refractivity contribution in [2.75, 3.05) is 31.6 Å². The Kier molecular flexibility index (Phi) is 7.41. The Labute approximate surface area is 186 Å². The van der Waals surface area contributed by atoms with Crippen LogP contribution in [0.2, 0.25) is 0 Å². The molecule has 0 atom stereocenters. The van der Waals surface area contributed by atoms with Crippen molar-refractivity contribution in [3.63, 3.8) is 0 Å². The van der Waals surface area contributed by atoms with Crippen LogP contribution >= 0.6 is 11.3 Å². The molecule has 0 bridgehead atoms. The lowest BCUT2D eigenvalue weighted by Crippen LogP contribution is -2.47. The predicted octanol–water partition coefficient (Wildman–Crippen LogP) is 2.86. The number of ether oxygens (including phenoxy) is 1. The lowest BCUT2D eigenvalue weighted by molar-refractivity contribution is -0.124. The van der Waals surface area contributed by atoms with E-state index in [0.717, 1.165) is 25.9 Å². The maximum absolute atomic E-state index is 12.1. The summed E-state index contributed by atoms with van der Waals surface area (Å²) in [6.07, 6.45) is 3.49. The molecule has 10 heteroatoms. The van der Waals surface area contributed by atoms with E-state index in [1.165, 1.54) is 17.5 Å². The fourth-order valence-corrected chi connectivity index (χ4v) is 3.97. The summed E-state index contributed by atoms with van der Waals surface area (Å²) in [6, 6.07) is 3.81. The molecule has 0 aliphatic carbocycles. The number of carbonyl (C=O) groups is 1. The van der Waals surface area contributed by atoms with Crippen molar-refractivity contribution < 1.29 is 9.53 Å². The molecule has 1 amide bonds. The number of hydrogen-bond acceptors (Lipinski definition) is 9. The van der Waals surface area contributed by atoms with Crippen molar-refractivity contribution in [1.82, 2.24) is 25.2 Å². The van der Waals surface area contributed by atoms with Crippen LogP contribution in [0.15, 0.2) is 12.3 Å². The van der Waals surface area contributed by atoms with Crippen LogP contribution in [0.3, 0.4) is 0 Å². The van der Waals surface area contributed by atoms with Gasteiger partial charge in [-0.1, -0.05) is 11.3 Å². The first kappa shape index (κ1) is 22.9. The zero-order valence-corrected chi connectivity index (χ0v) is 19.3. The average Bonchev–Trinajstić information content (AvgIpc) is 3.13. The number of carbonyl (C=O) groups excluding carboxylic acids is 1. The summed E-state index contributed by atoms with van der Waals surface area (Å²) in [7, 11) is 0. The summed E-state index contributed by atoms with van der Waals surface area (Å²) in [5, 5.41) is 15.6. The number of aromatic nitrogens is 3. The summed E-state index contributed by atoms with van der Waals surface area (Å²) in [5.74, 6) is 2.18. The van der Waals surface area contributed by atoms with Crippen molar-refractivity contribution in [2.45, 2.75) is 46.1 Å². The van der Waals surface area contributed by atoms with Crippen LogP contribution in [0.25, 0.3) is 0 Å². The number of aryl methyl sites for hydroxylation is 1. The van der Waals surface area contributed by atoms with Gasteiger partial charge in [0, 0.05) is 11.6 Å². The molecule has 1 saturated heterocycles. The van der Waals surface area contributed by atoms with Crippen LogP contribution in [0.5, 0.6) is 5.88 Å². The van der Waals surface area contributed by atoms with E-state index in [-0.39, 0.29) is 11.4 Å². The number of hydrogen-bond donors (Lipinski definition) is 2. The van der Waals surface area contributed by atoms with Crippen LogP contribution in [0, 0.1) is 24.2 Å². The number of anilines is 2. The van der Waals surface area contributed by atoms with Gasteiger partial charge in [-0.25, -0.2) is 9.97 Å². The van der Waals surface area contributed by atoms with Gasteiger partial charge in [0.1, 0.15) is 22.6 Å². The van der Waals surface area contributed by atoms with E-state index < -0.39 is 0 Å². The zero-order valence-electron chi connectivity index (χ0n) is 18.4. The number of nitriles is 1. The maximum atomic E-state index is 12.1. The highest BCUT2D eigenvalue weighted by molar-refractivity contribution is 7.16. The quantitative estimate of drug-likeness (QED) is 0.671. The van der Waals surface area contributed by atoms with Gasteiger partial charge in [0.25, 0.3) is 0 Å². The van der Waals surface area contributed by atoms with Crippen LogP contribution in [-0.4, -0.2) is 57.5 Å². The highest BCUT2D eigenvalue weighted by atomic mass is 32.1. The van der Waals surface area contributed by atoms with Crippen LogP contribution in [0.4, 0.5) is 10.9 Å². The lowest BCUT2D eigenvalue weighted by atomic mass is 9.98. The summed E-state index contributed by atoms with van der Waals surface area (Å²) in [4.78, 5) is 27.7. The molecule has 2 N–H and O–H groups in total. The van der Waals surface area contributed by atoms with Crippen LogP contribution in [0.1, 0.15) is 44.3 Å². The Morgan fingerprint density at radius 2 is 2.10 bits per heavy atom. The summed E-state index contributed by atoms with van der Waals surface area (Å²) >= 11 is 1.26. The molecule has 0 aromatic carbocycles. The van der Waals surface area contributed by atoms with Gasteiger partial charge < -0.3 is 15.4 Å². The molecule has 1 fully saturated rings. The minimum Gasteiger partial charge on any atom is -0.477 e. The van der Waals surface area contributed by atoms with Crippen LogP contribution < -0.4 is 15.4 Å². The van der Waals surface area contributed by atoms with E-state index >= 15 is 0 Å². The Hall–Kier alpha value is -2.77. The SMILES string of the molecule is Cc1nc(Nc2ncc(C#N)s2)cc(OCC2CCN(CC(=O)NC(C)(C)C)CC2)n1. The Morgan fingerprint density at radius 3 is 2.74 bits per heavy atom. The van der Waals surface area contributed by atoms with Gasteiger partial charge in [0.05, 0.1) is 19.3 Å². The molecule has 3 heterocycles. The van der Waals surface area contributed by atoms with Gasteiger partial charge in [0.15, 0.2) is 5.13 Å². The van der Waals surface area contributed by atoms with Gasteiger partial charge in [0.2, 0.25) is 11.8 Å². The van der Waals surface area contributed by atoms with Gasteiger partial charge >= 0.3 is 0 Å². The maximum Gasteiger partial charge on any atom is 0.234 e. The summed E-state index contributed by atoms with van der Waals surface area (Å²) in [5.41, 5.74) is -0.204. The Balaban J connectivity index is 1.47. The van der Waals surface area contributed by atoms with E-state index in [9.17, 15) is 4.79 Å². The number of rotatable bonds is 7. The third-order valence-electron chi connectivity index (χ3n) is 4.72. The van der Waals surface area contributed by atoms with E-state index in [2.05, 4.69) is 36.6 Å². The number of likely N-dealkylation sites (tertiary alicyclic amines) is 1. The molecule has 0 unspecified atom stereocenters. The molecule has 3 rings (SSSR count). The average molecular weight is 444 g/mol. The molecule has 1 aliphatic heterocycles. The topological polar surface area (TPSA) is 116 Å². The number of amides is 1. The fraction of sp³-hybridized carbons (Fsp3) is 0.571. The second kappa shape index (κ2) is 10.0. The molecule has 0 saturated carbocycles. The second-order valence-corrected chi connectivity index (χ2v) is 9.76. The number of nitrogens with zero attached hydrogens (tertiary/aromatic N) is 5. The van der Waals surface area contributed by atoms with E-state index in [1.54, 1.807) is 6.07 Å². The molecule has 0 radical (unpaired) electrons.